The van der Waals surface area contributed by atoms with Gasteiger partial charge in [-0.05, 0) is 0 Å². The zero-order valence-electron chi connectivity index (χ0n) is 27.2. The molecule has 5 aromatic rings. The quantitative estimate of drug-likeness (QED) is 0.0573. The van der Waals surface area contributed by atoms with E-state index in [1.807, 2.05) is 39.1 Å². The minimum absolute atomic E-state index is 0.704. The zero-order valence-corrected chi connectivity index (χ0v) is 27.2. The van der Waals surface area contributed by atoms with Crippen LogP contribution in [0.15, 0.2) is 12.1 Å². The fourth-order valence-electron chi connectivity index (χ4n) is 6.22. The largest absolute Gasteiger partial charge is 0.207 e. The second kappa shape index (κ2) is 15.2. The summed E-state index contributed by atoms with van der Waals surface area (Å²) < 4.78 is 304. The fourth-order valence-corrected chi connectivity index (χ4v) is 6.22. The van der Waals surface area contributed by atoms with E-state index in [-0.39, 0.29) is 0 Å². The van der Waals surface area contributed by atoms with E-state index >= 15 is 35.1 Å². The molecule has 0 aliphatic carbocycles. The Bertz CT molecular complexity index is 2120. The Hall–Kier alpha value is -5.50. The van der Waals surface area contributed by atoms with Gasteiger partial charge < -0.3 is 0 Å². The Kier molecular flexibility index (Phi) is 11.7. The molecule has 5 aromatic carbocycles. The Balaban J connectivity index is 0.000000544. The third-order valence-corrected chi connectivity index (χ3v) is 8.49. The maximum Gasteiger partial charge on any atom is 0.200 e. The summed E-state index contributed by atoms with van der Waals surface area (Å²) in [6, 6.07) is 3.99. The number of rotatable bonds is 4. The fraction of sp³-hybridized carbons (Fsp3) is 0.0882. The van der Waals surface area contributed by atoms with Crippen LogP contribution in [0.3, 0.4) is 0 Å². The standard InChI is InChI=1S/C24BF20.C10H11O/c26-5-1(6(27)14(35)21(42)13(5)34)25(2-7(28)15(36)22(43)16(37)8(2)29,3-9(30)17(38)23(44)18(39)10(3)31)4-11(32)19(40)24(45)20(41)12(4)33;1-7-4-8(2)10(6-11)9(3)5-7/h;4-5H,1-3H3/q-1;+1. The van der Waals surface area contributed by atoms with E-state index in [0.29, 0.717) is 5.56 Å². The second-order valence-corrected chi connectivity index (χ2v) is 11.7. The third kappa shape index (κ3) is 6.23. The molecular formula is C34H11BF20O. The summed E-state index contributed by atoms with van der Waals surface area (Å²) in [5.41, 5.74) is -10.4. The number of hydrogen-bond donors (Lipinski definition) is 0. The van der Waals surface area contributed by atoms with Crippen molar-refractivity contribution in [1.82, 2.24) is 0 Å². The molecule has 0 spiro atoms. The first-order valence-corrected chi connectivity index (χ1v) is 14.5. The normalized spacial score (nSPS) is 11.5. The van der Waals surface area contributed by atoms with Gasteiger partial charge in [0, 0.05) is 0 Å². The van der Waals surface area contributed by atoms with Crippen LogP contribution in [0.25, 0.3) is 0 Å². The maximum absolute atomic E-state index is 15.4. The van der Waals surface area contributed by atoms with Crippen molar-refractivity contribution < 1.29 is 92.5 Å². The van der Waals surface area contributed by atoms with Gasteiger partial charge in [0.05, 0.1) is 0 Å². The summed E-state index contributed by atoms with van der Waals surface area (Å²) >= 11 is 0. The molecule has 0 aliphatic heterocycles. The second-order valence-electron chi connectivity index (χ2n) is 11.7. The average molecular weight is 826 g/mol. The van der Waals surface area contributed by atoms with Crippen LogP contribution in [-0.2, 0) is 4.65 Å². The smallest absolute Gasteiger partial charge is 0.200 e. The number of hydrogen-bond acceptors (Lipinski definition) is 0. The van der Waals surface area contributed by atoms with E-state index in [1.165, 1.54) is 5.56 Å². The molecule has 0 saturated heterocycles. The molecule has 1 nitrogen and oxygen atoms in total. The van der Waals surface area contributed by atoms with Crippen LogP contribution >= 0.6 is 0 Å². The molecule has 56 heavy (non-hydrogen) atoms. The van der Waals surface area contributed by atoms with Crippen molar-refractivity contribution >= 4 is 28.0 Å². The molecule has 296 valence electrons. The minimum Gasteiger partial charge on any atom is -0.207 e. The van der Waals surface area contributed by atoms with Crippen molar-refractivity contribution in [2.45, 2.75) is 20.8 Å². The van der Waals surface area contributed by atoms with Crippen LogP contribution in [0.4, 0.5) is 87.8 Å². The first kappa shape index (κ1) is 43.2. The molecule has 0 heterocycles. The first-order chi connectivity index (χ1) is 25.8. The van der Waals surface area contributed by atoms with Gasteiger partial charge in [-0.15, -0.1) is 21.9 Å². The van der Waals surface area contributed by atoms with Gasteiger partial charge in [0.1, 0.15) is 52.7 Å². The summed E-state index contributed by atoms with van der Waals surface area (Å²) in [7, 11) is 0. The van der Waals surface area contributed by atoms with Gasteiger partial charge in [-0.3, -0.25) is 0 Å². The van der Waals surface area contributed by atoms with Crippen molar-refractivity contribution in [2.24, 2.45) is 0 Å². The van der Waals surface area contributed by atoms with Crippen LogP contribution in [0, 0.1) is 143 Å². The topological polar surface area (TPSA) is 19.9 Å². The summed E-state index contributed by atoms with van der Waals surface area (Å²) in [5, 5.41) is 0. The predicted octanol–water partition coefficient (Wildman–Crippen LogP) is 8.20. The number of halogens is 20. The maximum atomic E-state index is 15.4. The first-order valence-electron chi connectivity index (χ1n) is 14.5. The van der Waals surface area contributed by atoms with E-state index in [4.69, 9.17) is 0 Å². The van der Waals surface area contributed by atoms with Gasteiger partial charge in [0.15, 0.2) is 69.8 Å². The Morgan fingerprint density at radius 1 is 0.321 bits per heavy atom. The Morgan fingerprint density at radius 3 is 0.643 bits per heavy atom. The van der Waals surface area contributed by atoms with E-state index in [9.17, 15) is 57.3 Å². The van der Waals surface area contributed by atoms with Gasteiger partial charge in [-0.2, -0.15) is 0 Å². The average Bonchev–Trinajstić information content (AvgIpc) is 3.14. The van der Waals surface area contributed by atoms with Crippen molar-refractivity contribution in [1.29, 1.82) is 0 Å². The molecular weight excluding hydrogens is 815 g/mol. The molecule has 0 atom stereocenters. The van der Waals surface area contributed by atoms with Crippen molar-refractivity contribution in [2.75, 3.05) is 0 Å². The molecule has 0 radical (unpaired) electrons. The Labute approximate surface area is 298 Å². The van der Waals surface area contributed by atoms with Crippen molar-refractivity contribution in [3.8, 4) is 6.15 Å². The van der Waals surface area contributed by atoms with Crippen LogP contribution in [0.1, 0.15) is 22.3 Å². The zero-order chi connectivity index (χ0) is 42.8. The van der Waals surface area contributed by atoms with E-state index < -0.39 is 144 Å². The predicted molar refractivity (Wildman–Crippen MR) is 154 cm³/mol. The summed E-state index contributed by atoms with van der Waals surface area (Å²) in [6.07, 6.45) is -5.28. The molecule has 0 N–H and O–H groups in total. The van der Waals surface area contributed by atoms with Crippen molar-refractivity contribution in [3.63, 3.8) is 0 Å². The summed E-state index contributed by atoms with van der Waals surface area (Å²) in [6.45, 7) is 5.88. The van der Waals surface area contributed by atoms with Gasteiger partial charge in [0.2, 0.25) is 0 Å². The molecule has 0 aliphatic rings. The van der Waals surface area contributed by atoms with Crippen LogP contribution in [0.5, 0.6) is 0 Å². The van der Waals surface area contributed by atoms with E-state index in [2.05, 4.69) is 0 Å². The number of benzene rings is 5. The number of aryl methyl sites for hydroxylation is 3. The molecule has 0 saturated carbocycles. The van der Waals surface area contributed by atoms with Gasteiger partial charge in [0.25, 0.3) is 0 Å². The molecule has 0 unspecified atom stereocenters. The van der Waals surface area contributed by atoms with Gasteiger partial charge in [-0.1, -0.05) is 0 Å². The SMILES string of the molecule is Cc1cc(C)c(C#[O+])c(C)c1.Fc1c(F)c(F)c([B-](c2c(F)c(F)c(F)c(F)c2F)(c2c(F)c(F)c(F)c(F)c2F)c2c(F)c(F)c(F)c(F)c2F)c(F)c1F. The summed E-state index contributed by atoms with van der Waals surface area (Å²) in [4.78, 5) is 0. The van der Waals surface area contributed by atoms with Gasteiger partial charge >= 0.3 is 66.0 Å². The van der Waals surface area contributed by atoms with Crippen molar-refractivity contribution in [3.05, 3.63) is 151 Å². The van der Waals surface area contributed by atoms with Crippen LogP contribution < -0.4 is 21.9 Å². The van der Waals surface area contributed by atoms with Gasteiger partial charge in [-0.25, -0.2) is 87.8 Å². The molecule has 0 fully saturated rings. The van der Waals surface area contributed by atoms with E-state index in [1.54, 1.807) is 0 Å². The molecule has 0 bridgehead atoms. The molecule has 0 aromatic heterocycles. The molecule has 5 rings (SSSR count). The van der Waals surface area contributed by atoms with Crippen LogP contribution in [0.2, 0.25) is 0 Å². The minimum atomic E-state index is -7.22. The third-order valence-electron chi connectivity index (χ3n) is 8.49. The van der Waals surface area contributed by atoms with Crippen LogP contribution in [-0.4, -0.2) is 6.15 Å². The Morgan fingerprint density at radius 2 is 0.482 bits per heavy atom. The summed E-state index contributed by atoms with van der Waals surface area (Å²) in [5.74, 6) is -71.4. The van der Waals surface area contributed by atoms with E-state index in [0.717, 1.165) is 11.1 Å². The monoisotopic (exact) mass is 826 g/mol. The molecule has 0 amide bonds. The molecule has 22 heteroatoms.